The average Bonchev–Trinajstić information content (AvgIpc) is 3.50. The predicted molar refractivity (Wildman–Crippen MR) is 94.6 cm³/mol. The van der Waals surface area contributed by atoms with E-state index in [1.807, 2.05) is 6.07 Å². The molecule has 0 bridgehead atoms. The Morgan fingerprint density at radius 3 is 2.54 bits per heavy atom. The normalized spacial score (nSPS) is 19.8. The van der Waals surface area contributed by atoms with E-state index in [1.54, 1.807) is 24.0 Å². The van der Waals surface area contributed by atoms with Crippen LogP contribution in [-0.2, 0) is 19.6 Å². The van der Waals surface area contributed by atoms with Crippen LogP contribution in [0, 0.1) is 17.2 Å². The van der Waals surface area contributed by atoms with Gasteiger partial charge in [-0.1, -0.05) is 12.1 Å². The molecule has 1 amide bonds. The van der Waals surface area contributed by atoms with E-state index >= 15 is 0 Å². The Bertz CT molecular complexity index is 806. The highest BCUT2D eigenvalue weighted by atomic mass is 32.2. The topological polar surface area (TPSA) is 90.7 Å². The molecule has 0 radical (unpaired) electrons. The molecule has 1 unspecified atom stereocenters. The fourth-order valence-electron chi connectivity index (χ4n) is 2.97. The van der Waals surface area contributed by atoms with E-state index in [4.69, 9.17) is 10.00 Å². The summed E-state index contributed by atoms with van der Waals surface area (Å²) in [6, 6.07) is 8.10. The Balaban J connectivity index is 1.60. The first-order valence-corrected chi connectivity index (χ1v) is 10.3. The molecule has 1 saturated heterocycles. The molecule has 1 aliphatic carbocycles. The minimum atomic E-state index is -3.75. The lowest BCUT2D eigenvalue weighted by atomic mass is 10.2. The summed E-state index contributed by atoms with van der Waals surface area (Å²) in [4.78, 5) is 14.1. The van der Waals surface area contributed by atoms with E-state index in [-0.39, 0.29) is 29.5 Å². The molecule has 7 nitrogen and oxygen atoms in total. The summed E-state index contributed by atoms with van der Waals surface area (Å²) in [5.41, 5.74) is 0.133. The van der Waals surface area contributed by atoms with Crippen molar-refractivity contribution < 1.29 is 17.9 Å². The molecular weight excluding hydrogens is 354 g/mol. The van der Waals surface area contributed by atoms with E-state index in [0.29, 0.717) is 25.6 Å². The molecule has 140 valence electrons. The Morgan fingerprint density at radius 1 is 1.27 bits per heavy atom. The lowest BCUT2D eigenvalue weighted by molar-refractivity contribution is -0.144. The lowest BCUT2D eigenvalue weighted by Crippen LogP contribution is -2.52. The number of carbonyl (C=O) groups excluding carboxylic acids is 1. The number of sulfonamides is 1. The van der Waals surface area contributed by atoms with Gasteiger partial charge in [-0.05, 0) is 37.8 Å². The molecule has 2 aliphatic rings. The van der Waals surface area contributed by atoms with Gasteiger partial charge in [0.2, 0.25) is 10.0 Å². The summed E-state index contributed by atoms with van der Waals surface area (Å²) in [6.07, 6.45) is 1.83. The quantitative estimate of drug-likeness (QED) is 0.743. The summed E-state index contributed by atoms with van der Waals surface area (Å²) < 4.78 is 32.6. The van der Waals surface area contributed by atoms with Gasteiger partial charge in [0.05, 0.1) is 17.1 Å². The first-order chi connectivity index (χ1) is 12.4. The monoisotopic (exact) mass is 377 g/mol. The van der Waals surface area contributed by atoms with Crippen LogP contribution in [0.15, 0.2) is 29.2 Å². The first kappa shape index (κ1) is 18.8. The van der Waals surface area contributed by atoms with Crippen LogP contribution in [0.5, 0.6) is 0 Å². The molecule has 0 aromatic heterocycles. The van der Waals surface area contributed by atoms with Crippen LogP contribution in [0.3, 0.4) is 0 Å². The molecule has 3 rings (SSSR count). The summed E-state index contributed by atoms with van der Waals surface area (Å²) in [7, 11) is -3.75. The second kappa shape index (κ2) is 7.74. The standard InChI is InChI=1S/C18H23N3O4S/c1-14(25-13-15-6-7-15)18(22)20-8-10-21(11-9-20)26(23,24)17-5-3-2-4-16(17)12-19/h2-5,14-15H,6-11,13H2,1H3. The van der Waals surface area contributed by atoms with Crippen LogP contribution in [0.1, 0.15) is 25.3 Å². The maximum Gasteiger partial charge on any atom is 0.251 e. The lowest BCUT2D eigenvalue weighted by Gasteiger charge is -2.35. The molecule has 1 atom stereocenters. The summed E-state index contributed by atoms with van der Waals surface area (Å²) >= 11 is 0. The van der Waals surface area contributed by atoms with Crippen LogP contribution in [0.25, 0.3) is 0 Å². The zero-order valence-corrected chi connectivity index (χ0v) is 15.6. The van der Waals surface area contributed by atoms with Gasteiger partial charge in [-0.3, -0.25) is 4.79 Å². The molecule has 8 heteroatoms. The number of ether oxygens (including phenoxy) is 1. The fraction of sp³-hybridized carbons (Fsp3) is 0.556. The van der Waals surface area contributed by atoms with Crippen molar-refractivity contribution in [3.63, 3.8) is 0 Å². The Kier molecular flexibility index (Phi) is 5.61. The molecule has 0 spiro atoms. The van der Waals surface area contributed by atoms with E-state index < -0.39 is 16.1 Å². The zero-order chi connectivity index (χ0) is 18.7. The first-order valence-electron chi connectivity index (χ1n) is 8.83. The third kappa shape index (κ3) is 4.06. The number of hydrogen-bond acceptors (Lipinski definition) is 5. The third-order valence-electron chi connectivity index (χ3n) is 4.80. The van der Waals surface area contributed by atoms with E-state index in [2.05, 4.69) is 0 Å². The van der Waals surface area contributed by atoms with Crippen LogP contribution < -0.4 is 0 Å². The molecule has 1 aromatic carbocycles. The minimum absolute atomic E-state index is 0.0170. The molecule has 26 heavy (non-hydrogen) atoms. The number of hydrogen-bond donors (Lipinski definition) is 0. The van der Waals surface area contributed by atoms with Gasteiger partial charge in [0.25, 0.3) is 5.91 Å². The maximum absolute atomic E-state index is 12.8. The molecular formula is C18H23N3O4S. The highest BCUT2D eigenvalue weighted by Crippen LogP contribution is 2.29. The zero-order valence-electron chi connectivity index (χ0n) is 14.8. The number of piperazine rings is 1. The van der Waals surface area contributed by atoms with Gasteiger partial charge in [-0.25, -0.2) is 8.42 Å². The fourth-order valence-corrected chi connectivity index (χ4v) is 4.53. The maximum atomic E-state index is 12.8. The number of benzene rings is 1. The number of amides is 1. The molecule has 1 heterocycles. The van der Waals surface area contributed by atoms with Crippen LogP contribution in [-0.4, -0.2) is 62.4 Å². The molecule has 1 saturated carbocycles. The SMILES string of the molecule is CC(OCC1CC1)C(=O)N1CCN(S(=O)(=O)c2ccccc2C#N)CC1. The van der Waals surface area contributed by atoms with Crippen LogP contribution in [0.2, 0.25) is 0 Å². The van der Waals surface area contributed by atoms with Crippen molar-refractivity contribution in [1.29, 1.82) is 5.26 Å². The second-order valence-corrected chi connectivity index (χ2v) is 8.66. The number of carbonyl (C=O) groups is 1. The average molecular weight is 377 g/mol. The van der Waals surface area contributed by atoms with Crippen molar-refractivity contribution in [3.05, 3.63) is 29.8 Å². The summed E-state index contributed by atoms with van der Waals surface area (Å²) in [6.45, 7) is 3.43. The Hall–Kier alpha value is -1.95. The number of rotatable bonds is 6. The number of nitriles is 1. The van der Waals surface area contributed by atoms with E-state index in [0.717, 1.165) is 0 Å². The van der Waals surface area contributed by atoms with Gasteiger partial charge in [-0.2, -0.15) is 9.57 Å². The number of nitrogens with zero attached hydrogens (tertiary/aromatic N) is 3. The molecule has 0 N–H and O–H groups in total. The summed E-state index contributed by atoms with van der Waals surface area (Å²) in [5.74, 6) is 0.493. The second-order valence-electron chi connectivity index (χ2n) is 6.76. The van der Waals surface area contributed by atoms with Crippen molar-refractivity contribution in [2.45, 2.75) is 30.8 Å². The van der Waals surface area contributed by atoms with Crippen LogP contribution >= 0.6 is 0 Å². The van der Waals surface area contributed by atoms with Crippen molar-refractivity contribution in [2.75, 3.05) is 32.8 Å². The highest BCUT2D eigenvalue weighted by molar-refractivity contribution is 7.89. The van der Waals surface area contributed by atoms with E-state index in [1.165, 1.54) is 29.3 Å². The highest BCUT2D eigenvalue weighted by Gasteiger charge is 2.33. The largest absolute Gasteiger partial charge is 0.368 e. The van der Waals surface area contributed by atoms with Crippen molar-refractivity contribution in [1.82, 2.24) is 9.21 Å². The third-order valence-corrected chi connectivity index (χ3v) is 6.76. The molecule has 2 fully saturated rings. The van der Waals surface area contributed by atoms with Crippen molar-refractivity contribution >= 4 is 15.9 Å². The van der Waals surface area contributed by atoms with Gasteiger partial charge in [0.15, 0.2) is 0 Å². The van der Waals surface area contributed by atoms with E-state index in [9.17, 15) is 13.2 Å². The Morgan fingerprint density at radius 2 is 1.92 bits per heavy atom. The van der Waals surface area contributed by atoms with Gasteiger partial charge in [-0.15, -0.1) is 0 Å². The predicted octanol–water partition coefficient (Wildman–Crippen LogP) is 1.21. The van der Waals surface area contributed by atoms with Gasteiger partial charge >= 0.3 is 0 Å². The van der Waals surface area contributed by atoms with Crippen molar-refractivity contribution in [3.8, 4) is 6.07 Å². The molecule has 1 aromatic rings. The molecule has 1 aliphatic heterocycles. The van der Waals surface area contributed by atoms with Gasteiger partial charge < -0.3 is 9.64 Å². The van der Waals surface area contributed by atoms with Gasteiger partial charge in [0.1, 0.15) is 12.2 Å². The minimum Gasteiger partial charge on any atom is -0.368 e. The van der Waals surface area contributed by atoms with Crippen molar-refractivity contribution in [2.24, 2.45) is 5.92 Å². The Labute approximate surface area is 154 Å². The smallest absolute Gasteiger partial charge is 0.251 e. The van der Waals surface area contributed by atoms with Gasteiger partial charge in [0, 0.05) is 26.2 Å². The summed E-state index contributed by atoms with van der Waals surface area (Å²) in [5, 5.41) is 9.15. The van der Waals surface area contributed by atoms with Crippen LogP contribution in [0.4, 0.5) is 0 Å².